The fourth-order valence-electron chi connectivity index (χ4n) is 3.66. The van der Waals surface area contributed by atoms with Crippen LogP contribution < -0.4 is 5.32 Å². The van der Waals surface area contributed by atoms with Gasteiger partial charge in [0, 0.05) is 19.5 Å². The van der Waals surface area contributed by atoms with Crippen LogP contribution in [-0.4, -0.2) is 38.5 Å². The Bertz CT molecular complexity index is 853. The molecule has 1 aliphatic carbocycles. The molecule has 2 N–H and O–H groups in total. The zero-order valence-electron chi connectivity index (χ0n) is 13.7. The van der Waals surface area contributed by atoms with Crippen LogP contribution in [0.1, 0.15) is 35.0 Å². The summed E-state index contributed by atoms with van der Waals surface area (Å²) in [6.45, 7) is 1.71. The minimum Gasteiger partial charge on any atom is -0.390 e. The number of carbonyl (C=O) groups excluding carboxylic acids is 1. The summed E-state index contributed by atoms with van der Waals surface area (Å²) in [6.07, 6.45) is 0.722. The van der Waals surface area contributed by atoms with Crippen LogP contribution in [-0.2, 0) is 19.5 Å². The van der Waals surface area contributed by atoms with Gasteiger partial charge in [-0.25, -0.2) is 4.79 Å². The summed E-state index contributed by atoms with van der Waals surface area (Å²) in [6, 6.07) is 11.0. The lowest BCUT2D eigenvalue weighted by Gasteiger charge is -2.25. The molecule has 2 aromatic rings. The molecule has 2 aliphatic rings. The predicted molar refractivity (Wildman–Crippen MR) is 89.4 cm³/mol. The van der Waals surface area contributed by atoms with Crippen LogP contribution >= 0.6 is 0 Å². The summed E-state index contributed by atoms with van der Waals surface area (Å²) >= 11 is 0. The van der Waals surface area contributed by atoms with Crippen LogP contribution in [0.4, 0.5) is 4.79 Å². The molecule has 0 unspecified atom stereocenters. The number of amides is 2. The van der Waals surface area contributed by atoms with Gasteiger partial charge in [-0.2, -0.15) is 10.4 Å². The first-order valence-corrected chi connectivity index (χ1v) is 8.44. The number of hydrogen-bond donors (Lipinski definition) is 2. The van der Waals surface area contributed by atoms with E-state index < -0.39 is 6.10 Å². The lowest BCUT2D eigenvalue weighted by atomic mass is 10.1. The third-order valence-corrected chi connectivity index (χ3v) is 4.90. The van der Waals surface area contributed by atoms with Gasteiger partial charge < -0.3 is 15.3 Å². The summed E-state index contributed by atoms with van der Waals surface area (Å²) in [5.74, 6) is 0. The Morgan fingerprint density at radius 2 is 2.20 bits per heavy atom. The first-order chi connectivity index (χ1) is 12.2. The Labute approximate surface area is 145 Å². The number of aliphatic hydroxyl groups is 1. The molecule has 2 amide bonds. The minimum atomic E-state index is -0.607. The molecular weight excluding hydrogens is 318 g/mol. The molecule has 0 bridgehead atoms. The van der Waals surface area contributed by atoms with E-state index in [-0.39, 0.29) is 12.1 Å². The van der Waals surface area contributed by atoms with E-state index in [1.165, 1.54) is 0 Å². The van der Waals surface area contributed by atoms with Crippen LogP contribution in [0.15, 0.2) is 30.3 Å². The van der Waals surface area contributed by atoms with E-state index in [4.69, 9.17) is 5.26 Å². The topological polar surface area (TPSA) is 94.2 Å². The van der Waals surface area contributed by atoms with Crippen LogP contribution in [0.25, 0.3) is 0 Å². The number of nitrogens with zero attached hydrogens (tertiary/aromatic N) is 4. The molecule has 0 saturated heterocycles. The molecule has 7 nitrogen and oxygen atoms in total. The van der Waals surface area contributed by atoms with Gasteiger partial charge in [0.25, 0.3) is 0 Å². The standard InChI is InChI=1S/C18H19N5O2/c19-10-13-9-14-11-22(6-3-7-23(14)21-13)18(25)20-17-15-5-2-1-4-12(15)8-16(17)24/h1-2,4-5,9,16-17,24H,3,6-8,11H2,(H,20,25)/t16-,17-/m1/s1. The molecule has 2 heterocycles. The summed E-state index contributed by atoms with van der Waals surface area (Å²) in [4.78, 5) is 14.5. The summed E-state index contributed by atoms with van der Waals surface area (Å²) in [5.41, 5.74) is 3.29. The molecule has 2 atom stereocenters. The van der Waals surface area contributed by atoms with Crippen LogP contribution in [0.2, 0.25) is 0 Å². The molecule has 4 rings (SSSR count). The van der Waals surface area contributed by atoms with Gasteiger partial charge in [-0.3, -0.25) is 4.68 Å². The number of benzene rings is 1. The second kappa shape index (κ2) is 6.22. The Balaban J connectivity index is 1.51. The highest BCUT2D eigenvalue weighted by atomic mass is 16.3. The van der Waals surface area contributed by atoms with Gasteiger partial charge >= 0.3 is 6.03 Å². The summed E-state index contributed by atoms with van der Waals surface area (Å²) in [5, 5.41) is 26.5. The smallest absolute Gasteiger partial charge is 0.318 e. The van der Waals surface area contributed by atoms with Crippen molar-refractivity contribution in [2.24, 2.45) is 0 Å². The molecule has 25 heavy (non-hydrogen) atoms. The lowest BCUT2D eigenvalue weighted by Crippen LogP contribution is -2.43. The highest BCUT2D eigenvalue weighted by Crippen LogP contribution is 2.31. The third kappa shape index (κ3) is 2.85. The predicted octanol–water partition coefficient (Wildman–Crippen LogP) is 1.33. The number of aryl methyl sites for hydroxylation is 1. The SMILES string of the molecule is N#Cc1cc2n(n1)CCCN(C(=O)N[C@@H]1c3ccccc3C[C@H]1O)C2. The highest BCUT2D eigenvalue weighted by molar-refractivity contribution is 5.75. The largest absolute Gasteiger partial charge is 0.390 e. The van der Waals surface area contributed by atoms with E-state index in [1.54, 1.807) is 15.6 Å². The molecule has 1 aliphatic heterocycles. The molecule has 0 spiro atoms. The maximum atomic E-state index is 12.8. The van der Waals surface area contributed by atoms with Gasteiger partial charge in [-0.05, 0) is 23.6 Å². The number of fused-ring (bicyclic) bond motifs is 2. The zero-order chi connectivity index (χ0) is 17.4. The van der Waals surface area contributed by atoms with Gasteiger partial charge in [-0.15, -0.1) is 0 Å². The number of rotatable bonds is 1. The van der Waals surface area contributed by atoms with E-state index in [2.05, 4.69) is 10.4 Å². The second-order valence-electron chi connectivity index (χ2n) is 6.53. The Morgan fingerprint density at radius 1 is 1.36 bits per heavy atom. The van der Waals surface area contributed by atoms with Crippen molar-refractivity contribution in [2.75, 3.05) is 6.54 Å². The van der Waals surface area contributed by atoms with Crippen molar-refractivity contribution < 1.29 is 9.90 Å². The fraction of sp³-hybridized carbons (Fsp3) is 0.389. The normalized spacial score (nSPS) is 21.8. The van der Waals surface area contributed by atoms with Gasteiger partial charge in [-0.1, -0.05) is 24.3 Å². The maximum absolute atomic E-state index is 12.8. The number of nitriles is 1. The number of hydrogen-bond acceptors (Lipinski definition) is 4. The molecular formula is C18H19N5O2. The van der Waals surface area contributed by atoms with Gasteiger partial charge in [0.05, 0.1) is 24.4 Å². The number of aliphatic hydroxyl groups excluding tert-OH is 1. The fourth-order valence-corrected chi connectivity index (χ4v) is 3.66. The van der Waals surface area contributed by atoms with E-state index in [1.807, 2.05) is 30.3 Å². The average molecular weight is 337 g/mol. The first-order valence-electron chi connectivity index (χ1n) is 8.44. The lowest BCUT2D eigenvalue weighted by molar-refractivity contribution is 0.133. The molecule has 1 aromatic carbocycles. The van der Waals surface area contributed by atoms with Crippen LogP contribution in [0.3, 0.4) is 0 Å². The molecule has 0 radical (unpaired) electrons. The summed E-state index contributed by atoms with van der Waals surface area (Å²) in [7, 11) is 0. The molecule has 7 heteroatoms. The van der Waals surface area contributed by atoms with Crippen molar-refractivity contribution in [3.8, 4) is 6.07 Å². The van der Waals surface area contributed by atoms with Crippen molar-refractivity contribution in [3.05, 3.63) is 52.8 Å². The molecule has 128 valence electrons. The van der Waals surface area contributed by atoms with Gasteiger partial charge in [0.1, 0.15) is 6.07 Å². The molecule has 1 aromatic heterocycles. The average Bonchev–Trinajstić information content (AvgIpc) is 3.08. The van der Waals surface area contributed by atoms with E-state index in [9.17, 15) is 9.90 Å². The first kappa shape index (κ1) is 15.7. The third-order valence-electron chi connectivity index (χ3n) is 4.90. The maximum Gasteiger partial charge on any atom is 0.318 e. The van der Waals surface area contributed by atoms with E-state index >= 15 is 0 Å². The van der Waals surface area contributed by atoms with Crippen molar-refractivity contribution in [1.82, 2.24) is 20.0 Å². The van der Waals surface area contributed by atoms with Crippen molar-refractivity contribution in [1.29, 1.82) is 5.26 Å². The summed E-state index contributed by atoms with van der Waals surface area (Å²) < 4.78 is 1.80. The Hall–Kier alpha value is -2.85. The van der Waals surface area contributed by atoms with E-state index in [0.29, 0.717) is 31.7 Å². The zero-order valence-corrected chi connectivity index (χ0v) is 13.7. The Morgan fingerprint density at radius 3 is 3.04 bits per heavy atom. The van der Waals surface area contributed by atoms with Crippen LogP contribution in [0.5, 0.6) is 0 Å². The number of urea groups is 1. The quantitative estimate of drug-likeness (QED) is 0.821. The molecule has 0 fully saturated rings. The molecule has 0 saturated carbocycles. The van der Waals surface area contributed by atoms with E-state index in [0.717, 1.165) is 23.2 Å². The number of nitrogens with one attached hydrogen (secondary N) is 1. The van der Waals surface area contributed by atoms with Crippen molar-refractivity contribution in [3.63, 3.8) is 0 Å². The monoisotopic (exact) mass is 337 g/mol. The van der Waals surface area contributed by atoms with Crippen LogP contribution in [0, 0.1) is 11.3 Å². The second-order valence-corrected chi connectivity index (χ2v) is 6.53. The highest BCUT2D eigenvalue weighted by Gasteiger charge is 2.33. The van der Waals surface area contributed by atoms with Gasteiger partial charge in [0.2, 0.25) is 0 Å². The van der Waals surface area contributed by atoms with Crippen molar-refractivity contribution in [2.45, 2.75) is 38.1 Å². The minimum absolute atomic E-state index is 0.200. The van der Waals surface area contributed by atoms with Gasteiger partial charge in [0.15, 0.2) is 5.69 Å². The number of carbonyl (C=O) groups is 1. The van der Waals surface area contributed by atoms with Crippen molar-refractivity contribution >= 4 is 6.03 Å². The Kier molecular flexibility index (Phi) is 3.90. The number of aromatic nitrogens is 2.